The number of aliphatic imine (C=N–C) groups is 1. The van der Waals surface area contributed by atoms with E-state index in [1.807, 2.05) is 45.0 Å². The van der Waals surface area contributed by atoms with Gasteiger partial charge in [-0.2, -0.15) is 0 Å². The minimum Gasteiger partial charge on any atom is -0.386 e. The first-order chi connectivity index (χ1) is 11.2. The summed E-state index contributed by atoms with van der Waals surface area (Å²) in [5.41, 5.74) is 1.93. The van der Waals surface area contributed by atoms with Gasteiger partial charge in [0, 0.05) is 18.8 Å². The number of rotatable bonds is 8. The molecule has 1 aromatic rings. The molecule has 0 aromatic heterocycles. The number of aliphatic hydroxyl groups is 1. The van der Waals surface area contributed by atoms with Gasteiger partial charge >= 0.3 is 0 Å². The lowest BCUT2D eigenvalue weighted by Crippen LogP contribution is -2.43. The Balaban J connectivity index is 0.00000576. The molecule has 2 unspecified atom stereocenters. The molecule has 0 spiro atoms. The van der Waals surface area contributed by atoms with E-state index in [0.29, 0.717) is 18.9 Å². The van der Waals surface area contributed by atoms with Gasteiger partial charge in [-0.1, -0.05) is 29.8 Å². The molecule has 6 nitrogen and oxygen atoms in total. The topological polar surface area (TPSA) is 90.8 Å². The average Bonchev–Trinajstić information content (AvgIpc) is 2.50. The van der Waals surface area contributed by atoms with Crippen molar-refractivity contribution >= 4 is 39.8 Å². The quantitative estimate of drug-likeness (QED) is 0.299. The van der Waals surface area contributed by atoms with Crippen LogP contribution in [0.15, 0.2) is 29.3 Å². The summed E-state index contributed by atoms with van der Waals surface area (Å²) >= 11 is 0. The summed E-state index contributed by atoms with van der Waals surface area (Å²) in [4.78, 5) is 4.40. The van der Waals surface area contributed by atoms with Crippen LogP contribution < -0.4 is 10.6 Å². The molecule has 3 N–H and O–H groups in total. The molecular formula is C17H30IN3O3S. The maximum absolute atomic E-state index is 11.2. The van der Waals surface area contributed by atoms with Gasteiger partial charge in [-0.15, -0.1) is 24.0 Å². The number of aliphatic hydroxyl groups excluding tert-OH is 1. The summed E-state index contributed by atoms with van der Waals surface area (Å²) in [6.45, 7) is 6.77. The molecule has 0 bridgehead atoms. The zero-order chi connectivity index (χ0) is 18.2. The van der Waals surface area contributed by atoms with E-state index in [2.05, 4.69) is 15.6 Å². The summed E-state index contributed by atoms with van der Waals surface area (Å²) in [6.07, 6.45) is 1.06. The molecular weight excluding hydrogens is 453 g/mol. The van der Waals surface area contributed by atoms with Gasteiger partial charge in [0.15, 0.2) is 5.96 Å². The average molecular weight is 483 g/mol. The summed E-state index contributed by atoms with van der Waals surface area (Å²) in [5.74, 6) is 0.706. The van der Waals surface area contributed by atoms with Crippen LogP contribution >= 0.6 is 24.0 Å². The first kappa shape index (κ1) is 24.1. The van der Waals surface area contributed by atoms with Crippen LogP contribution in [0.4, 0.5) is 0 Å². The van der Waals surface area contributed by atoms with Gasteiger partial charge in [-0.05, 0) is 32.8 Å². The number of nitrogens with zero attached hydrogens (tertiary/aromatic N) is 1. The largest absolute Gasteiger partial charge is 0.386 e. The van der Waals surface area contributed by atoms with Crippen molar-refractivity contribution in [2.45, 2.75) is 39.3 Å². The number of sulfone groups is 1. The minimum absolute atomic E-state index is 0. The normalized spacial score (nSPS) is 14.4. The Hall–Kier alpha value is -0.870. The lowest BCUT2D eigenvalue weighted by molar-refractivity contribution is 0.187. The highest BCUT2D eigenvalue weighted by atomic mass is 127. The first-order valence-corrected chi connectivity index (χ1v) is 10.2. The van der Waals surface area contributed by atoms with Crippen LogP contribution in [0, 0.1) is 6.92 Å². The van der Waals surface area contributed by atoms with Crippen molar-refractivity contribution in [3.05, 3.63) is 35.4 Å². The van der Waals surface area contributed by atoms with Crippen LogP contribution in [-0.4, -0.2) is 50.6 Å². The molecule has 0 saturated carbocycles. The van der Waals surface area contributed by atoms with Crippen molar-refractivity contribution in [1.29, 1.82) is 0 Å². The molecule has 8 heteroatoms. The standard InChI is InChI=1S/C17H29N3O3S.HI/c1-5-18-17(20-14(3)9-10-24(4,22)23)19-12-16(21)15-8-6-7-13(2)11-15;/h6-8,11,14,16,21H,5,9-10,12H2,1-4H3,(H2,18,19,20);1H. The number of hydrogen-bond acceptors (Lipinski definition) is 4. The Bertz CT molecular complexity index is 650. The third-order valence-electron chi connectivity index (χ3n) is 3.50. The van der Waals surface area contributed by atoms with Crippen molar-refractivity contribution in [1.82, 2.24) is 10.6 Å². The first-order valence-electron chi connectivity index (χ1n) is 8.18. The van der Waals surface area contributed by atoms with Crippen molar-refractivity contribution in [2.75, 3.05) is 25.1 Å². The maximum atomic E-state index is 11.2. The van der Waals surface area contributed by atoms with Crippen LogP contribution in [-0.2, 0) is 9.84 Å². The number of nitrogens with one attached hydrogen (secondary N) is 2. The lowest BCUT2D eigenvalue weighted by atomic mass is 10.1. The Labute approximate surface area is 168 Å². The van der Waals surface area contributed by atoms with Crippen molar-refractivity contribution < 1.29 is 13.5 Å². The molecule has 0 aliphatic heterocycles. The predicted molar refractivity (Wildman–Crippen MR) is 114 cm³/mol. The second-order valence-electron chi connectivity index (χ2n) is 6.11. The highest BCUT2D eigenvalue weighted by molar-refractivity contribution is 14.0. The Morgan fingerprint density at radius 2 is 2.04 bits per heavy atom. The molecule has 0 heterocycles. The summed E-state index contributed by atoms with van der Waals surface area (Å²) in [7, 11) is -2.97. The second-order valence-corrected chi connectivity index (χ2v) is 8.37. The van der Waals surface area contributed by atoms with Crippen molar-refractivity contribution in [3.63, 3.8) is 0 Å². The maximum Gasteiger partial charge on any atom is 0.191 e. The fourth-order valence-corrected chi connectivity index (χ4v) is 2.96. The molecule has 144 valence electrons. The molecule has 0 aliphatic rings. The van der Waals surface area contributed by atoms with Crippen LogP contribution in [0.2, 0.25) is 0 Å². The van der Waals surface area contributed by atoms with Gasteiger partial charge in [-0.25, -0.2) is 8.42 Å². The van der Waals surface area contributed by atoms with Gasteiger partial charge in [0.1, 0.15) is 9.84 Å². The van der Waals surface area contributed by atoms with Crippen molar-refractivity contribution in [3.8, 4) is 0 Å². The summed E-state index contributed by atoms with van der Waals surface area (Å²) < 4.78 is 22.5. The van der Waals surface area contributed by atoms with E-state index in [9.17, 15) is 13.5 Å². The molecule has 0 radical (unpaired) electrons. The van der Waals surface area contributed by atoms with E-state index in [1.165, 1.54) is 6.26 Å². The van der Waals surface area contributed by atoms with Crippen LogP contribution in [0.1, 0.15) is 37.5 Å². The van der Waals surface area contributed by atoms with Gasteiger partial charge < -0.3 is 15.7 Å². The van der Waals surface area contributed by atoms with Crippen LogP contribution in [0.5, 0.6) is 0 Å². The van der Waals surface area contributed by atoms with E-state index < -0.39 is 15.9 Å². The number of hydrogen-bond donors (Lipinski definition) is 3. The molecule has 1 rings (SSSR count). The lowest BCUT2D eigenvalue weighted by Gasteiger charge is -2.18. The molecule has 2 atom stereocenters. The molecule has 1 aromatic carbocycles. The van der Waals surface area contributed by atoms with Crippen LogP contribution in [0.3, 0.4) is 0 Å². The van der Waals surface area contributed by atoms with E-state index in [1.54, 1.807) is 0 Å². The SMILES string of the molecule is CCNC(=NCC(O)c1cccc(C)c1)NC(C)CCS(C)(=O)=O.I. The van der Waals surface area contributed by atoms with E-state index in [0.717, 1.165) is 11.1 Å². The fourth-order valence-electron chi connectivity index (χ4n) is 2.18. The smallest absolute Gasteiger partial charge is 0.191 e. The Morgan fingerprint density at radius 1 is 1.36 bits per heavy atom. The Kier molecular flexibility index (Phi) is 11.3. The predicted octanol–water partition coefficient (Wildman–Crippen LogP) is 2.02. The zero-order valence-electron chi connectivity index (χ0n) is 15.3. The molecule has 0 aliphatic carbocycles. The fraction of sp³-hybridized carbons (Fsp3) is 0.588. The van der Waals surface area contributed by atoms with Gasteiger partial charge in [-0.3, -0.25) is 4.99 Å². The zero-order valence-corrected chi connectivity index (χ0v) is 18.5. The number of benzene rings is 1. The second kappa shape index (κ2) is 11.7. The van der Waals surface area contributed by atoms with Gasteiger partial charge in [0.2, 0.25) is 0 Å². The monoisotopic (exact) mass is 483 g/mol. The summed E-state index contributed by atoms with van der Waals surface area (Å²) in [5, 5.41) is 16.5. The molecule has 25 heavy (non-hydrogen) atoms. The highest BCUT2D eigenvalue weighted by Gasteiger charge is 2.11. The summed E-state index contributed by atoms with van der Waals surface area (Å²) in [6, 6.07) is 7.68. The van der Waals surface area contributed by atoms with E-state index in [-0.39, 0.29) is 42.3 Å². The number of guanidine groups is 1. The van der Waals surface area contributed by atoms with E-state index in [4.69, 9.17) is 0 Å². The van der Waals surface area contributed by atoms with Gasteiger partial charge in [0.25, 0.3) is 0 Å². The van der Waals surface area contributed by atoms with Crippen LogP contribution in [0.25, 0.3) is 0 Å². The highest BCUT2D eigenvalue weighted by Crippen LogP contribution is 2.14. The number of halogens is 1. The number of aryl methyl sites for hydroxylation is 1. The van der Waals surface area contributed by atoms with Crippen molar-refractivity contribution in [2.24, 2.45) is 4.99 Å². The molecule has 0 saturated heterocycles. The van der Waals surface area contributed by atoms with E-state index >= 15 is 0 Å². The van der Waals surface area contributed by atoms with Gasteiger partial charge in [0.05, 0.1) is 18.4 Å². The molecule has 0 fully saturated rings. The Morgan fingerprint density at radius 3 is 2.60 bits per heavy atom. The molecule has 0 amide bonds. The minimum atomic E-state index is -2.97. The third kappa shape index (κ3) is 10.7. The third-order valence-corrected chi connectivity index (χ3v) is 4.48.